The fourth-order valence-corrected chi connectivity index (χ4v) is 5.67. The molecule has 0 spiro atoms. The van der Waals surface area contributed by atoms with Crippen molar-refractivity contribution in [1.82, 2.24) is 20.9 Å². The third-order valence-corrected chi connectivity index (χ3v) is 8.46. The highest BCUT2D eigenvalue weighted by molar-refractivity contribution is 6.01. The number of aryl methyl sites for hydroxylation is 1. The summed E-state index contributed by atoms with van der Waals surface area (Å²) in [7, 11) is 2.60. The first-order chi connectivity index (χ1) is 26.6. The number of carbonyl (C=O) groups is 6. The smallest absolute Gasteiger partial charge is 0.349 e. The van der Waals surface area contributed by atoms with Gasteiger partial charge in [0.15, 0.2) is 11.5 Å². The quantitative estimate of drug-likeness (QED) is 0.0573. The molecule has 0 radical (unpaired) electrons. The summed E-state index contributed by atoms with van der Waals surface area (Å²) in [4.78, 5) is 101. The number of amides is 6. The van der Waals surface area contributed by atoms with Gasteiger partial charge in [0.05, 0.1) is 57.0 Å². The molecule has 1 heterocycles. The van der Waals surface area contributed by atoms with Crippen molar-refractivity contribution in [2.45, 2.75) is 32.9 Å². The number of ether oxygens (including phenoxy) is 2. The van der Waals surface area contributed by atoms with Crippen LogP contribution in [-0.2, 0) is 36.9 Å². The van der Waals surface area contributed by atoms with Crippen LogP contribution < -0.4 is 42.1 Å². The van der Waals surface area contributed by atoms with E-state index in [0.717, 1.165) is 11.0 Å². The summed E-state index contributed by atoms with van der Waals surface area (Å²) in [6.45, 7) is 0.548. The van der Waals surface area contributed by atoms with Crippen LogP contribution in [0.3, 0.4) is 0 Å². The number of rotatable bonds is 17. The molecule has 1 aromatic heterocycles. The van der Waals surface area contributed by atoms with Crippen LogP contribution in [0.4, 0.5) is 11.4 Å². The lowest BCUT2D eigenvalue weighted by atomic mass is 10.0. The molecule has 6 N–H and O–H groups in total. The van der Waals surface area contributed by atoms with E-state index >= 15 is 0 Å². The van der Waals surface area contributed by atoms with Crippen LogP contribution in [0.2, 0.25) is 0 Å². The predicted molar refractivity (Wildman–Crippen MR) is 200 cm³/mol. The van der Waals surface area contributed by atoms with Gasteiger partial charge in [0.2, 0.25) is 29.5 Å². The third-order valence-electron chi connectivity index (χ3n) is 8.46. The summed E-state index contributed by atoms with van der Waals surface area (Å²) < 4.78 is 15.9. The first kappa shape index (κ1) is 41.4. The lowest BCUT2D eigenvalue weighted by Gasteiger charge is -2.31. The Morgan fingerprint density at radius 1 is 0.893 bits per heavy atom. The Labute approximate surface area is 318 Å². The molecule has 0 unspecified atom stereocenters. The van der Waals surface area contributed by atoms with E-state index < -0.39 is 77.4 Å². The number of hydrogen-bond donors (Lipinski definition) is 5. The number of nitro groups is 1. The maximum atomic E-state index is 14.3. The van der Waals surface area contributed by atoms with Crippen molar-refractivity contribution in [3.63, 3.8) is 0 Å². The van der Waals surface area contributed by atoms with Gasteiger partial charge in [0, 0.05) is 30.5 Å². The van der Waals surface area contributed by atoms with Gasteiger partial charge >= 0.3 is 5.63 Å². The highest BCUT2D eigenvalue weighted by Gasteiger charge is 2.33. The van der Waals surface area contributed by atoms with E-state index in [2.05, 4.69) is 21.3 Å². The van der Waals surface area contributed by atoms with E-state index in [1.165, 1.54) is 52.3 Å². The van der Waals surface area contributed by atoms with Gasteiger partial charge in [-0.15, -0.1) is 0 Å². The minimum Gasteiger partial charge on any atom is -0.493 e. The molecule has 19 heteroatoms. The highest BCUT2D eigenvalue weighted by Crippen LogP contribution is 2.35. The molecule has 0 aliphatic carbocycles. The number of nitrogens with zero attached hydrogens (tertiary/aromatic N) is 2. The largest absolute Gasteiger partial charge is 0.493 e. The van der Waals surface area contributed by atoms with Crippen molar-refractivity contribution in [2.75, 3.05) is 39.2 Å². The zero-order valence-electron chi connectivity index (χ0n) is 30.8. The lowest BCUT2D eigenvalue weighted by molar-refractivity contribution is -0.385. The molecular formula is C37H39N7O12. The molecule has 0 aliphatic heterocycles. The summed E-state index contributed by atoms with van der Waals surface area (Å²) in [5.74, 6) is -4.37. The van der Waals surface area contributed by atoms with Crippen LogP contribution in [0.5, 0.6) is 11.5 Å². The Morgan fingerprint density at radius 3 is 2.12 bits per heavy atom. The molecule has 19 nitrogen and oxygen atoms in total. The van der Waals surface area contributed by atoms with E-state index in [1.807, 2.05) is 0 Å². The van der Waals surface area contributed by atoms with Gasteiger partial charge in [-0.05, 0) is 36.2 Å². The van der Waals surface area contributed by atoms with Gasteiger partial charge in [-0.2, -0.15) is 0 Å². The Hall–Kier alpha value is -7.31. The SMILES string of the molecule is COc1cc(CN(C(=O)CNC(=O)CNC(=O)CNC(C)=O)[C@@H](Cc2ccccc2)C(=O)Nc2ccc3c(C)c(C(N)=O)c(=O)oc3c2)c([N+](=O)[O-])cc1OC. The summed E-state index contributed by atoms with van der Waals surface area (Å²) in [6, 6.07) is 13.9. The van der Waals surface area contributed by atoms with Gasteiger partial charge in [0.1, 0.15) is 17.2 Å². The number of nitrogens with one attached hydrogen (secondary N) is 4. The van der Waals surface area contributed by atoms with Crippen LogP contribution in [-0.4, -0.2) is 85.2 Å². The lowest BCUT2D eigenvalue weighted by Crippen LogP contribution is -2.52. The fourth-order valence-electron chi connectivity index (χ4n) is 5.67. The second kappa shape index (κ2) is 18.6. The molecule has 0 saturated heterocycles. The van der Waals surface area contributed by atoms with Crippen LogP contribution >= 0.6 is 0 Å². The van der Waals surface area contributed by atoms with E-state index in [0.29, 0.717) is 10.9 Å². The van der Waals surface area contributed by atoms with Crippen molar-refractivity contribution >= 4 is 57.8 Å². The number of anilines is 1. The van der Waals surface area contributed by atoms with Crippen LogP contribution in [0.25, 0.3) is 11.0 Å². The maximum Gasteiger partial charge on any atom is 0.349 e. The van der Waals surface area contributed by atoms with Crippen molar-refractivity contribution in [3.8, 4) is 11.5 Å². The maximum absolute atomic E-state index is 14.3. The molecule has 0 aliphatic rings. The standard InChI is InChI=1S/C37H39N7O12/c1-20-25-11-10-24(14-28(25)56-37(51)34(20)35(38)49)42-36(50)27(12-22-8-6-5-7-9-22)43(19-23-13-29(54-3)30(55-4)15-26(23)44(52)53)33(48)18-41-32(47)17-40-31(46)16-39-21(2)45/h5-11,13-15,27H,12,16-19H2,1-4H3,(H2,38,49)(H,39,45)(H,40,46)(H,41,47)(H,42,50)/t27-/m0/s1. The van der Waals surface area contributed by atoms with Crippen molar-refractivity contribution in [1.29, 1.82) is 0 Å². The number of benzene rings is 3. The molecule has 0 fully saturated rings. The molecule has 0 bridgehead atoms. The van der Waals surface area contributed by atoms with Crippen LogP contribution in [0, 0.1) is 17.0 Å². The minimum atomic E-state index is -1.39. The van der Waals surface area contributed by atoms with Crippen molar-refractivity contribution < 1.29 is 47.6 Å². The van der Waals surface area contributed by atoms with Gasteiger partial charge in [0.25, 0.3) is 11.6 Å². The molecular weight excluding hydrogens is 734 g/mol. The highest BCUT2D eigenvalue weighted by atomic mass is 16.6. The summed E-state index contributed by atoms with van der Waals surface area (Å²) >= 11 is 0. The summed E-state index contributed by atoms with van der Waals surface area (Å²) in [5, 5.41) is 22.3. The molecule has 4 rings (SSSR count). The van der Waals surface area contributed by atoms with E-state index in [4.69, 9.17) is 19.6 Å². The van der Waals surface area contributed by atoms with Gasteiger partial charge in [-0.25, -0.2) is 4.79 Å². The second-order valence-corrected chi connectivity index (χ2v) is 12.2. The predicted octanol–water partition coefficient (Wildman–Crippen LogP) is 1.07. The molecule has 56 heavy (non-hydrogen) atoms. The molecule has 6 amide bonds. The fraction of sp³-hybridized carbons (Fsp3) is 0.270. The average Bonchev–Trinajstić information content (AvgIpc) is 3.16. The topological polar surface area (TPSA) is 272 Å². The van der Waals surface area contributed by atoms with E-state index in [9.17, 15) is 43.7 Å². The first-order valence-corrected chi connectivity index (χ1v) is 16.8. The molecule has 294 valence electrons. The first-order valence-electron chi connectivity index (χ1n) is 16.8. The Morgan fingerprint density at radius 2 is 1.52 bits per heavy atom. The summed E-state index contributed by atoms with van der Waals surface area (Å²) in [5.41, 5.74) is 4.57. The number of nitrogens with two attached hydrogens (primary N) is 1. The number of methoxy groups -OCH3 is 2. The van der Waals surface area contributed by atoms with E-state index in [-0.39, 0.29) is 52.4 Å². The van der Waals surface area contributed by atoms with Crippen molar-refractivity contribution in [2.24, 2.45) is 5.73 Å². The number of carbonyl (C=O) groups excluding carboxylic acids is 6. The Bertz CT molecular complexity index is 2240. The third kappa shape index (κ3) is 10.4. The number of fused-ring (bicyclic) bond motifs is 1. The average molecular weight is 774 g/mol. The molecule has 1 atom stereocenters. The van der Waals surface area contributed by atoms with Gasteiger partial charge in [-0.1, -0.05) is 30.3 Å². The Kier molecular flexibility index (Phi) is 13.8. The zero-order chi connectivity index (χ0) is 41.1. The molecule has 4 aromatic rings. The van der Waals surface area contributed by atoms with Gasteiger partial charge in [-0.3, -0.25) is 38.9 Å². The van der Waals surface area contributed by atoms with Crippen molar-refractivity contribution in [3.05, 3.63) is 103 Å². The number of primary amides is 1. The van der Waals surface area contributed by atoms with Crippen LogP contribution in [0.1, 0.15) is 34.0 Å². The second-order valence-electron chi connectivity index (χ2n) is 12.2. The van der Waals surface area contributed by atoms with Crippen LogP contribution in [0.15, 0.2) is 69.9 Å². The Balaban J connectivity index is 1.74. The monoisotopic (exact) mass is 773 g/mol. The zero-order valence-corrected chi connectivity index (χ0v) is 30.8. The number of nitro benzene ring substituents is 1. The minimum absolute atomic E-state index is 0.0238. The molecule has 0 saturated carbocycles. The molecule has 3 aromatic carbocycles. The number of hydrogen-bond acceptors (Lipinski definition) is 12. The summed E-state index contributed by atoms with van der Waals surface area (Å²) in [6.07, 6.45) is -0.115. The van der Waals surface area contributed by atoms with Gasteiger partial charge < -0.3 is 45.8 Å². The van der Waals surface area contributed by atoms with E-state index in [1.54, 1.807) is 30.3 Å². The normalized spacial score (nSPS) is 11.1.